The number of rotatable bonds is 1. The standard InChI is InChI=1S/C7H8BrN3O.C2H6/c8-4-2-1-3-5(9)6(4)7(12)11-10;1-2/h1-3H,9-10H2,(H,11,12);1-2H3. The van der Waals surface area contributed by atoms with Crippen molar-refractivity contribution in [2.75, 3.05) is 5.73 Å². The lowest BCUT2D eigenvalue weighted by atomic mass is 10.2. The highest BCUT2D eigenvalue weighted by Crippen LogP contribution is 2.21. The molecule has 1 amide bonds. The van der Waals surface area contributed by atoms with E-state index in [4.69, 9.17) is 11.6 Å². The number of hydrogen-bond acceptors (Lipinski definition) is 3. The maximum atomic E-state index is 11.1. The molecule has 5 heteroatoms. The van der Waals surface area contributed by atoms with E-state index < -0.39 is 5.91 Å². The highest BCUT2D eigenvalue weighted by Gasteiger charge is 2.11. The number of nitrogen functional groups attached to an aromatic ring is 2. The number of nitrogens with one attached hydrogen (secondary N) is 1. The van der Waals surface area contributed by atoms with Crippen LogP contribution in [0, 0.1) is 0 Å². The van der Waals surface area contributed by atoms with Crippen LogP contribution in [0.15, 0.2) is 22.7 Å². The van der Waals surface area contributed by atoms with Crippen molar-refractivity contribution in [2.24, 2.45) is 5.84 Å². The molecule has 5 N–H and O–H groups in total. The molecule has 0 aromatic heterocycles. The zero-order valence-electron chi connectivity index (χ0n) is 8.17. The lowest BCUT2D eigenvalue weighted by Gasteiger charge is -2.05. The summed E-state index contributed by atoms with van der Waals surface area (Å²) in [5.41, 5.74) is 8.32. The minimum absolute atomic E-state index is 0.361. The molecule has 0 saturated carbocycles. The van der Waals surface area contributed by atoms with Crippen LogP contribution in [-0.2, 0) is 0 Å². The fourth-order valence-corrected chi connectivity index (χ4v) is 1.41. The molecular formula is C9H14BrN3O. The maximum Gasteiger partial charge on any atom is 0.268 e. The van der Waals surface area contributed by atoms with Gasteiger partial charge in [0.25, 0.3) is 5.91 Å². The quantitative estimate of drug-likeness (QED) is 0.311. The second-order valence-corrected chi connectivity index (χ2v) is 3.03. The van der Waals surface area contributed by atoms with E-state index in [1.165, 1.54) is 0 Å². The van der Waals surface area contributed by atoms with Gasteiger partial charge in [-0.05, 0) is 28.1 Å². The minimum Gasteiger partial charge on any atom is -0.398 e. The molecule has 0 aliphatic rings. The number of amides is 1. The fraction of sp³-hybridized carbons (Fsp3) is 0.222. The number of anilines is 1. The van der Waals surface area contributed by atoms with Gasteiger partial charge < -0.3 is 5.73 Å². The second-order valence-electron chi connectivity index (χ2n) is 2.18. The van der Waals surface area contributed by atoms with Gasteiger partial charge in [-0.15, -0.1) is 0 Å². The van der Waals surface area contributed by atoms with Gasteiger partial charge in [-0.3, -0.25) is 10.2 Å². The van der Waals surface area contributed by atoms with Crippen LogP contribution in [0.3, 0.4) is 0 Å². The summed E-state index contributed by atoms with van der Waals surface area (Å²) in [6.45, 7) is 4.00. The van der Waals surface area contributed by atoms with Gasteiger partial charge in [0.05, 0.1) is 5.56 Å². The molecule has 14 heavy (non-hydrogen) atoms. The summed E-state index contributed by atoms with van der Waals surface area (Å²) in [5.74, 6) is 4.56. The zero-order chi connectivity index (χ0) is 11.1. The molecule has 1 rings (SSSR count). The lowest BCUT2D eigenvalue weighted by molar-refractivity contribution is 0.0954. The van der Waals surface area contributed by atoms with E-state index in [-0.39, 0.29) is 0 Å². The van der Waals surface area contributed by atoms with E-state index in [0.717, 1.165) is 0 Å². The third-order valence-electron chi connectivity index (χ3n) is 1.40. The van der Waals surface area contributed by atoms with Crippen molar-refractivity contribution in [3.63, 3.8) is 0 Å². The summed E-state index contributed by atoms with van der Waals surface area (Å²) in [7, 11) is 0. The van der Waals surface area contributed by atoms with Crippen molar-refractivity contribution in [1.29, 1.82) is 0 Å². The summed E-state index contributed by atoms with van der Waals surface area (Å²) in [6.07, 6.45) is 0. The van der Waals surface area contributed by atoms with E-state index in [0.29, 0.717) is 15.7 Å². The Labute approximate surface area is 91.8 Å². The Kier molecular flexibility index (Phi) is 5.91. The van der Waals surface area contributed by atoms with Crippen molar-refractivity contribution in [3.8, 4) is 0 Å². The van der Waals surface area contributed by atoms with Crippen LogP contribution in [0.1, 0.15) is 24.2 Å². The highest BCUT2D eigenvalue weighted by atomic mass is 79.9. The first kappa shape index (κ1) is 12.9. The van der Waals surface area contributed by atoms with E-state index in [9.17, 15) is 4.79 Å². The second kappa shape index (κ2) is 6.39. The predicted octanol–water partition coefficient (Wildman–Crippen LogP) is 1.66. The Morgan fingerprint density at radius 1 is 1.43 bits per heavy atom. The number of hydrogen-bond donors (Lipinski definition) is 3. The van der Waals surface area contributed by atoms with Gasteiger partial charge in [0.2, 0.25) is 0 Å². The molecule has 0 saturated heterocycles. The van der Waals surface area contributed by atoms with Gasteiger partial charge in [0, 0.05) is 10.2 Å². The summed E-state index contributed by atoms with van der Waals surface area (Å²) >= 11 is 3.19. The van der Waals surface area contributed by atoms with E-state index in [1.54, 1.807) is 18.2 Å². The van der Waals surface area contributed by atoms with Crippen LogP contribution >= 0.6 is 15.9 Å². The Bertz CT molecular complexity index is 295. The van der Waals surface area contributed by atoms with Crippen molar-refractivity contribution < 1.29 is 4.79 Å². The van der Waals surface area contributed by atoms with Crippen molar-refractivity contribution in [3.05, 3.63) is 28.2 Å². The SMILES string of the molecule is CC.NNC(=O)c1c(N)cccc1Br. The van der Waals surface area contributed by atoms with Crippen molar-refractivity contribution in [1.82, 2.24) is 5.43 Å². The molecule has 0 bridgehead atoms. The third kappa shape index (κ3) is 3.01. The fourth-order valence-electron chi connectivity index (χ4n) is 0.853. The van der Waals surface area contributed by atoms with Crippen LogP contribution in [0.5, 0.6) is 0 Å². The van der Waals surface area contributed by atoms with Gasteiger partial charge in [-0.2, -0.15) is 0 Å². The van der Waals surface area contributed by atoms with E-state index in [2.05, 4.69) is 15.9 Å². The monoisotopic (exact) mass is 259 g/mol. The Hall–Kier alpha value is -1.07. The molecular weight excluding hydrogens is 246 g/mol. The summed E-state index contributed by atoms with van der Waals surface area (Å²) < 4.78 is 0.630. The Balaban J connectivity index is 0.000000791. The molecule has 1 aromatic carbocycles. The third-order valence-corrected chi connectivity index (χ3v) is 2.06. The average Bonchev–Trinajstić information content (AvgIpc) is 2.20. The smallest absolute Gasteiger partial charge is 0.268 e. The Morgan fingerprint density at radius 2 is 2.00 bits per heavy atom. The van der Waals surface area contributed by atoms with Gasteiger partial charge in [-0.1, -0.05) is 19.9 Å². The first-order valence-electron chi connectivity index (χ1n) is 4.21. The van der Waals surface area contributed by atoms with Gasteiger partial charge in [0.1, 0.15) is 0 Å². The minimum atomic E-state index is -0.403. The molecule has 0 aliphatic heterocycles. The molecule has 0 aliphatic carbocycles. The first-order valence-corrected chi connectivity index (χ1v) is 5.01. The Morgan fingerprint density at radius 3 is 2.43 bits per heavy atom. The average molecular weight is 260 g/mol. The maximum absolute atomic E-state index is 11.1. The topological polar surface area (TPSA) is 81.1 Å². The van der Waals surface area contributed by atoms with Gasteiger partial charge >= 0.3 is 0 Å². The molecule has 0 spiro atoms. The van der Waals surface area contributed by atoms with E-state index in [1.807, 2.05) is 19.3 Å². The predicted molar refractivity (Wildman–Crippen MR) is 61.6 cm³/mol. The highest BCUT2D eigenvalue weighted by molar-refractivity contribution is 9.10. The molecule has 0 unspecified atom stereocenters. The largest absolute Gasteiger partial charge is 0.398 e. The molecule has 78 valence electrons. The summed E-state index contributed by atoms with van der Waals surface area (Å²) in [4.78, 5) is 11.1. The van der Waals surface area contributed by atoms with Crippen LogP contribution < -0.4 is 17.0 Å². The zero-order valence-corrected chi connectivity index (χ0v) is 9.76. The first-order chi connectivity index (χ1) is 6.66. The number of carbonyl (C=O) groups is 1. The summed E-state index contributed by atoms with van der Waals surface area (Å²) in [6, 6.07) is 5.10. The van der Waals surface area contributed by atoms with Crippen LogP contribution in [0.25, 0.3) is 0 Å². The molecule has 1 aromatic rings. The number of carbonyl (C=O) groups excluding carboxylic acids is 1. The number of nitrogens with two attached hydrogens (primary N) is 2. The van der Waals surface area contributed by atoms with Crippen molar-refractivity contribution >= 4 is 27.5 Å². The molecule has 0 fully saturated rings. The van der Waals surface area contributed by atoms with E-state index >= 15 is 0 Å². The van der Waals surface area contributed by atoms with Crippen LogP contribution in [0.2, 0.25) is 0 Å². The molecule has 0 atom stereocenters. The number of benzene rings is 1. The number of hydrazine groups is 1. The normalized spacial score (nSPS) is 8.57. The van der Waals surface area contributed by atoms with Crippen molar-refractivity contribution in [2.45, 2.75) is 13.8 Å². The van der Waals surface area contributed by atoms with Gasteiger partial charge in [0.15, 0.2) is 0 Å². The van der Waals surface area contributed by atoms with Crippen LogP contribution in [-0.4, -0.2) is 5.91 Å². The molecule has 4 nitrogen and oxygen atoms in total. The molecule has 0 radical (unpaired) electrons. The van der Waals surface area contributed by atoms with Gasteiger partial charge in [-0.25, -0.2) is 5.84 Å². The summed E-state index contributed by atoms with van der Waals surface area (Å²) in [5, 5.41) is 0. The van der Waals surface area contributed by atoms with Crippen LogP contribution in [0.4, 0.5) is 5.69 Å². The number of halogens is 1. The lowest BCUT2D eigenvalue weighted by Crippen LogP contribution is -2.30. The molecule has 0 heterocycles.